The first-order chi connectivity index (χ1) is 8.10. The summed E-state index contributed by atoms with van der Waals surface area (Å²) in [7, 11) is 1.63. The summed E-state index contributed by atoms with van der Waals surface area (Å²) >= 11 is -3.46. The molecule has 0 radical (unpaired) electrons. The van der Waals surface area contributed by atoms with Crippen LogP contribution >= 0.6 is 0 Å². The maximum atomic E-state index is 5.80. The van der Waals surface area contributed by atoms with Crippen molar-refractivity contribution in [3.05, 3.63) is 0 Å². The number of hydrogen-bond donors (Lipinski definition) is 0. The van der Waals surface area contributed by atoms with Gasteiger partial charge in [0.15, 0.2) is 0 Å². The van der Waals surface area contributed by atoms with E-state index < -0.39 is 18.1 Å². The van der Waals surface area contributed by atoms with Crippen LogP contribution in [-0.2, 0) is 31.4 Å². The van der Waals surface area contributed by atoms with E-state index in [-0.39, 0.29) is 6.10 Å². The van der Waals surface area contributed by atoms with Gasteiger partial charge in [-0.25, -0.2) is 0 Å². The van der Waals surface area contributed by atoms with Gasteiger partial charge in [-0.2, -0.15) is 0 Å². The summed E-state index contributed by atoms with van der Waals surface area (Å²) in [4.78, 5) is 0. The molecule has 0 spiro atoms. The molecule has 17 heavy (non-hydrogen) atoms. The second-order valence-electron chi connectivity index (χ2n) is 4.27. The Kier molecular flexibility index (Phi) is 10.8. The van der Waals surface area contributed by atoms with E-state index in [0.29, 0.717) is 13.2 Å². The van der Waals surface area contributed by atoms with E-state index >= 15 is 0 Å². The molecular weight excluding hydrogens is 256 g/mol. The van der Waals surface area contributed by atoms with Crippen LogP contribution in [0.3, 0.4) is 0 Å². The van der Waals surface area contributed by atoms with Gasteiger partial charge in [-0.15, -0.1) is 0 Å². The molecule has 0 aromatic rings. The van der Waals surface area contributed by atoms with Crippen molar-refractivity contribution in [1.82, 2.24) is 0 Å². The summed E-state index contributed by atoms with van der Waals surface area (Å²) < 4.78 is 22.9. The summed E-state index contributed by atoms with van der Waals surface area (Å²) in [6.45, 7) is 9.53. The van der Waals surface area contributed by atoms with Crippen molar-refractivity contribution < 1.29 is 31.4 Å². The van der Waals surface area contributed by atoms with E-state index in [1.54, 1.807) is 7.11 Å². The van der Waals surface area contributed by atoms with Gasteiger partial charge in [0.2, 0.25) is 0 Å². The van der Waals surface area contributed by atoms with Crippen LogP contribution < -0.4 is 0 Å². The van der Waals surface area contributed by atoms with Crippen LogP contribution in [0.4, 0.5) is 0 Å². The first kappa shape index (κ1) is 17.6. The molecule has 0 aliphatic carbocycles. The molecule has 0 rings (SSSR count). The predicted octanol–water partition coefficient (Wildman–Crippen LogP) is 3.51. The molecule has 0 aromatic carbocycles. The van der Waals surface area contributed by atoms with Crippen LogP contribution in [0, 0.1) is 0 Å². The second-order valence-corrected chi connectivity index (χ2v) is 7.74. The van der Waals surface area contributed by atoms with Gasteiger partial charge in [0.25, 0.3) is 0 Å². The van der Waals surface area contributed by atoms with Gasteiger partial charge in [-0.3, -0.25) is 0 Å². The van der Waals surface area contributed by atoms with Gasteiger partial charge < -0.3 is 0 Å². The van der Waals surface area contributed by atoms with Crippen LogP contribution in [0.1, 0.15) is 53.4 Å². The Balaban J connectivity index is 4.28. The zero-order valence-electron chi connectivity index (χ0n) is 12.0. The fourth-order valence-corrected chi connectivity index (χ4v) is 4.24. The van der Waals surface area contributed by atoms with Crippen molar-refractivity contribution in [2.75, 3.05) is 20.3 Å². The fourth-order valence-electron chi connectivity index (χ4n) is 1.25. The minimum absolute atomic E-state index is 0.0678. The molecule has 0 heterocycles. The normalized spacial score (nSPS) is 12.4. The third-order valence-corrected chi connectivity index (χ3v) is 5.89. The molecule has 0 fully saturated rings. The van der Waals surface area contributed by atoms with Crippen molar-refractivity contribution in [2.45, 2.75) is 59.5 Å². The monoisotopic (exact) mass is 284 g/mol. The summed E-state index contributed by atoms with van der Waals surface area (Å²) in [5.74, 6) is 0. The Morgan fingerprint density at radius 2 is 1.41 bits per heavy atom. The van der Waals surface area contributed by atoms with Gasteiger partial charge in [-0.1, -0.05) is 0 Å². The standard InChI is InChI=1S/2C4H9O.C3H7O.CH3O.Ti/c2*1-2-3-4-5;1-3(2)4;1-2;/h2*2-4H2,1H3;3H,1-2H3;1H3;/q4*-1;+4. The third-order valence-electron chi connectivity index (χ3n) is 2.18. The van der Waals surface area contributed by atoms with Gasteiger partial charge in [0, 0.05) is 0 Å². The summed E-state index contributed by atoms with van der Waals surface area (Å²) in [5.41, 5.74) is 0. The van der Waals surface area contributed by atoms with Gasteiger partial charge in [0.05, 0.1) is 0 Å². The number of unbranched alkanes of at least 4 members (excludes halogenated alkanes) is 2. The Labute approximate surface area is 111 Å². The van der Waals surface area contributed by atoms with Crippen LogP contribution in [0.5, 0.6) is 0 Å². The summed E-state index contributed by atoms with van der Waals surface area (Å²) in [6, 6.07) is 0. The third kappa shape index (κ3) is 8.30. The molecule has 0 saturated heterocycles. The number of rotatable bonds is 11. The van der Waals surface area contributed by atoms with Gasteiger partial charge in [-0.05, 0) is 0 Å². The molecule has 0 atom stereocenters. The van der Waals surface area contributed by atoms with E-state index in [1.165, 1.54) is 0 Å². The summed E-state index contributed by atoms with van der Waals surface area (Å²) in [6.07, 6.45) is 4.28. The van der Waals surface area contributed by atoms with Crippen LogP contribution in [-0.4, -0.2) is 26.4 Å². The van der Waals surface area contributed by atoms with E-state index in [0.717, 1.165) is 25.7 Å². The van der Waals surface area contributed by atoms with Crippen LogP contribution in [0.15, 0.2) is 0 Å². The number of hydrogen-bond acceptors (Lipinski definition) is 4. The minimum atomic E-state index is -3.46. The first-order valence-corrected chi connectivity index (χ1v) is 9.16. The molecule has 4 nitrogen and oxygen atoms in total. The van der Waals surface area contributed by atoms with E-state index in [9.17, 15) is 0 Å². The molecule has 0 unspecified atom stereocenters. The average Bonchev–Trinajstić information content (AvgIpc) is 2.28. The maximum absolute atomic E-state index is 5.80. The topological polar surface area (TPSA) is 36.9 Å². The molecule has 0 saturated carbocycles. The van der Waals surface area contributed by atoms with E-state index in [1.807, 2.05) is 13.8 Å². The molecule has 5 heteroatoms. The average molecular weight is 284 g/mol. The van der Waals surface area contributed by atoms with Crippen LogP contribution in [0.2, 0.25) is 0 Å². The van der Waals surface area contributed by atoms with Gasteiger partial charge >= 0.3 is 111 Å². The van der Waals surface area contributed by atoms with Crippen molar-refractivity contribution in [2.24, 2.45) is 0 Å². The van der Waals surface area contributed by atoms with Crippen LogP contribution in [0.25, 0.3) is 0 Å². The fraction of sp³-hybridized carbons (Fsp3) is 1.00. The van der Waals surface area contributed by atoms with Crippen molar-refractivity contribution in [1.29, 1.82) is 0 Å². The Hall–Kier alpha value is 0.554. The quantitative estimate of drug-likeness (QED) is 0.430. The molecule has 0 aliphatic heterocycles. The predicted molar refractivity (Wildman–Crippen MR) is 65.0 cm³/mol. The molecule has 104 valence electrons. The Morgan fingerprint density at radius 3 is 1.71 bits per heavy atom. The second kappa shape index (κ2) is 10.5. The van der Waals surface area contributed by atoms with Crippen molar-refractivity contribution in [3.63, 3.8) is 0 Å². The molecule has 0 amide bonds. The molecular formula is C12H28O4Ti. The molecule has 0 aromatic heterocycles. The zero-order valence-corrected chi connectivity index (χ0v) is 13.5. The van der Waals surface area contributed by atoms with E-state index in [4.69, 9.17) is 13.3 Å². The first-order valence-electron chi connectivity index (χ1n) is 6.61. The van der Waals surface area contributed by atoms with Crippen molar-refractivity contribution in [3.8, 4) is 0 Å². The molecule has 0 N–H and O–H groups in total. The molecule has 0 aliphatic rings. The Morgan fingerprint density at radius 1 is 0.941 bits per heavy atom. The SMILES string of the molecule is CCCC[O][Ti]([O]C)([O]CCCC)[O]C(C)C. The van der Waals surface area contributed by atoms with E-state index in [2.05, 4.69) is 13.8 Å². The Bertz CT molecular complexity index is 166. The zero-order chi connectivity index (χ0) is 13.1. The van der Waals surface area contributed by atoms with Gasteiger partial charge in [0.1, 0.15) is 0 Å². The summed E-state index contributed by atoms with van der Waals surface area (Å²) in [5, 5.41) is 0. The van der Waals surface area contributed by atoms with Crippen molar-refractivity contribution >= 4 is 0 Å². The molecule has 0 bridgehead atoms.